The number of carbonyl (C=O) groups is 2. The van der Waals surface area contributed by atoms with Gasteiger partial charge in [-0.2, -0.15) is 0 Å². The number of rotatable bonds is 11. The maximum absolute atomic E-state index is 14.3. The van der Waals surface area contributed by atoms with E-state index in [2.05, 4.69) is 5.32 Å². The number of sulfonamides is 1. The Morgan fingerprint density at radius 3 is 1.93 bits per heavy atom. The fraction of sp³-hybridized carbons (Fsp3) is 0.212. The number of halogens is 1. The molecule has 7 nitrogen and oxygen atoms in total. The van der Waals surface area contributed by atoms with Crippen LogP contribution in [0.25, 0.3) is 0 Å². The van der Waals surface area contributed by atoms with E-state index in [1.54, 1.807) is 24.3 Å². The number of hydrogen-bond donors (Lipinski definition) is 1. The van der Waals surface area contributed by atoms with Gasteiger partial charge < -0.3 is 10.2 Å². The van der Waals surface area contributed by atoms with Gasteiger partial charge in [-0.05, 0) is 61.4 Å². The molecule has 1 N–H and O–H groups in total. The zero-order valence-corrected chi connectivity index (χ0v) is 25.4. The lowest BCUT2D eigenvalue weighted by molar-refractivity contribution is -0.139. The summed E-state index contributed by atoms with van der Waals surface area (Å²) in [5.41, 5.74) is 4.02. The molecule has 4 rings (SSSR count). The van der Waals surface area contributed by atoms with E-state index in [4.69, 9.17) is 11.6 Å². The van der Waals surface area contributed by atoms with Gasteiger partial charge in [-0.1, -0.05) is 89.5 Å². The molecule has 0 aliphatic rings. The summed E-state index contributed by atoms with van der Waals surface area (Å²) in [7, 11) is -2.65. The smallest absolute Gasteiger partial charge is 0.264 e. The van der Waals surface area contributed by atoms with Crippen LogP contribution >= 0.6 is 11.6 Å². The molecular weight excluding hydrogens is 570 g/mol. The van der Waals surface area contributed by atoms with Crippen LogP contribution in [0.4, 0.5) is 5.69 Å². The van der Waals surface area contributed by atoms with Crippen molar-refractivity contribution >= 4 is 39.1 Å². The predicted octanol–water partition coefficient (Wildman–Crippen LogP) is 5.54. The first-order valence-electron chi connectivity index (χ1n) is 13.5. The predicted molar refractivity (Wildman–Crippen MR) is 167 cm³/mol. The van der Waals surface area contributed by atoms with Crippen LogP contribution in [0.3, 0.4) is 0 Å². The van der Waals surface area contributed by atoms with Gasteiger partial charge in [-0.15, -0.1) is 0 Å². The van der Waals surface area contributed by atoms with Crippen molar-refractivity contribution in [2.75, 3.05) is 17.9 Å². The minimum atomic E-state index is -4.17. The van der Waals surface area contributed by atoms with E-state index in [1.165, 1.54) is 36.2 Å². The number of nitrogens with zero attached hydrogens (tertiary/aromatic N) is 2. The second kappa shape index (κ2) is 13.7. The topological polar surface area (TPSA) is 86.8 Å². The molecular formula is C33H34ClN3O4S. The van der Waals surface area contributed by atoms with Crippen molar-refractivity contribution in [1.29, 1.82) is 0 Å². The first-order chi connectivity index (χ1) is 20.1. The van der Waals surface area contributed by atoms with Gasteiger partial charge in [0, 0.05) is 25.0 Å². The molecule has 0 saturated carbocycles. The van der Waals surface area contributed by atoms with Crippen molar-refractivity contribution in [3.05, 3.63) is 130 Å². The molecule has 4 aromatic carbocycles. The van der Waals surface area contributed by atoms with Crippen molar-refractivity contribution in [3.8, 4) is 0 Å². The molecule has 42 heavy (non-hydrogen) atoms. The highest BCUT2D eigenvalue weighted by Gasteiger charge is 2.34. The third kappa shape index (κ3) is 7.57. The molecule has 0 bridgehead atoms. The van der Waals surface area contributed by atoms with Crippen LogP contribution in [-0.2, 0) is 32.6 Å². The first kappa shape index (κ1) is 30.8. The highest BCUT2D eigenvalue weighted by Crippen LogP contribution is 2.26. The lowest BCUT2D eigenvalue weighted by Crippen LogP contribution is -2.53. The molecule has 0 heterocycles. The molecule has 0 aliphatic carbocycles. The van der Waals surface area contributed by atoms with E-state index in [0.717, 1.165) is 26.6 Å². The van der Waals surface area contributed by atoms with Gasteiger partial charge in [-0.3, -0.25) is 13.9 Å². The summed E-state index contributed by atoms with van der Waals surface area (Å²) < 4.78 is 29.0. The molecule has 0 spiro atoms. The van der Waals surface area contributed by atoms with Crippen molar-refractivity contribution in [1.82, 2.24) is 10.2 Å². The monoisotopic (exact) mass is 603 g/mol. The van der Waals surface area contributed by atoms with Gasteiger partial charge in [0.15, 0.2) is 0 Å². The van der Waals surface area contributed by atoms with Crippen LogP contribution < -0.4 is 9.62 Å². The Labute approximate surface area is 252 Å². The average molecular weight is 604 g/mol. The molecule has 218 valence electrons. The number of benzene rings is 4. The Hall–Kier alpha value is -4.14. The third-order valence-electron chi connectivity index (χ3n) is 6.99. The highest BCUT2D eigenvalue weighted by atomic mass is 35.5. The Morgan fingerprint density at radius 1 is 0.786 bits per heavy atom. The fourth-order valence-electron chi connectivity index (χ4n) is 4.58. The molecule has 0 aromatic heterocycles. The van der Waals surface area contributed by atoms with Crippen LogP contribution in [0.1, 0.15) is 22.3 Å². The maximum atomic E-state index is 14.3. The lowest BCUT2D eigenvalue weighted by atomic mass is 10.0. The summed E-state index contributed by atoms with van der Waals surface area (Å²) >= 11 is 6.03. The van der Waals surface area contributed by atoms with Crippen LogP contribution in [-0.4, -0.2) is 44.8 Å². The van der Waals surface area contributed by atoms with Crippen LogP contribution in [0.15, 0.2) is 108 Å². The largest absolute Gasteiger partial charge is 0.357 e. The zero-order valence-electron chi connectivity index (χ0n) is 23.8. The molecule has 4 aromatic rings. The Balaban J connectivity index is 1.77. The van der Waals surface area contributed by atoms with Gasteiger partial charge in [0.05, 0.1) is 10.6 Å². The van der Waals surface area contributed by atoms with Gasteiger partial charge >= 0.3 is 0 Å². The van der Waals surface area contributed by atoms with Crippen LogP contribution in [0, 0.1) is 13.8 Å². The van der Waals surface area contributed by atoms with Gasteiger partial charge in [-0.25, -0.2) is 8.42 Å². The van der Waals surface area contributed by atoms with E-state index < -0.39 is 28.5 Å². The quantitative estimate of drug-likeness (QED) is 0.244. The van der Waals surface area contributed by atoms with Crippen molar-refractivity contribution in [2.24, 2.45) is 0 Å². The standard InChI is InChI=1S/C33H34ClN3O4S/c1-24-9-13-27(14-10-24)22-36(31(33(39)35-3)21-26-7-5-4-6-8-26)32(38)23-37(29-17-11-25(2)12-18-29)42(40,41)30-19-15-28(34)16-20-30/h4-20,31H,21-23H2,1-3H3,(H,35,39)/t31-/m1/s1. The first-order valence-corrected chi connectivity index (χ1v) is 15.4. The minimum absolute atomic E-state index is 0.00232. The van der Waals surface area contributed by atoms with E-state index in [-0.39, 0.29) is 23.8 Å². The summed E-state index contributed by atoms with van der Waals surface area (Å²) in [6.45, 7) is 3.47. The SMILES string of the molecule is CNC(=O)[C@@H](Cc1ccccc1)N(Cc1ccc(C)cc1)C(=O)CN(c1ccc(C)cc1)S(=O)(=O)c1ccc(Cl)cc1. The minimum Gasteiger partial charge on any atom is -0.357 e. The second-order valence-corrected chi connectivity index (χ2v) is 12.4. The number of hydrogen-bond acceptors (Lipinski definition) is 4. The van der Waals surface area contributed by atoms with Crippen molar-refractivity contribution < 1.29 is 18.0 Å². The van der Waals surface area contributed by atoms with E-state index in [9.17, 15) is 18.0 Å². The van der Waals surface area contributed by atoms with E-state index in [1.807, 2.05) is 68.4 Å². The summed E-state index contributed by atoms with van der Waals surface area (Å²) in [4.78, 5) is 29.0. The summed E-state index contributed by atoms with van der Waals surface area (Å²) in [5.74, 6) is -0.861. The molecule has 1 atom stereocenters. The van der Waals surface area contributed by atoms with Crippen molar-refractivity contribution in [3.63, 3.8) is 0 Å². The molecule has 0 aliphatic heterocycles. The normalized spacial score (nSPS) is 11.9. The Bertz CT molecular complexity index is 1610. The molecule has 2 amide bonds. The Kier molecular flexibility index (Phi) is 10.0. The second-order valence-electron chi connectivity index (χ2n) is 10.1. The Morgan fingerprint density at radius 2 is 1.36 bits per heavy atom. The molecule has 0 unspecified atom stereocenters. The highest BCUT2D eigenvalue weighted by molar-refractivity contribution is 7.92. The maximum Gasteiger partial charge on any atom is 0.264 e. The lowest BCUT2D eigenvalue weighted by Gasteiger charge is -2.33. The number of likely N-dealkylation sites (N-methyl/N-ethyl adjacent to an activating group) is 1. The number of carbonyl (C=O) groups excluding carboxylic acids is 2. The molecule has 0 radical (unpaired) electrons. The van der Waals surface area contributed by atoms with Gasteiger partial charge in [0.2, 0.25) is 11.8 Å². The average Bonchev–Trinajstić information content (AvgIpc) is 2.99. The van der Waals surface area contributed by atoms with E-state index in [0.29, 0.717) is 10.7 Å². The molecule has 0 saturated heterocycles. The van der Waals surface area contributed by atoms with Crippen LogP contribution in [0.2, 0.25) is 5.02 Å². The summed E-state index contributed by atoms with van der Waals surface area (Å²) in [6, 6.07) is 29.0. The molecule has 9 heteroatoms. The third-order valence-corrected chi connectivity index (χ3v) is 9.03. The van der Waals surface area contributed by atoms with Crippen molar-refractivity contribution in [2.45, 2.75) is 37.8 Å². The number of anilines is 1. The number of nitrogens with one attached hydrogen (secondary N) is 1. The summed E-state index contributed by atoms with van der Waals surface area (Å²) in [6.07, 6.45) is 0.257. The molecule has 0 fully saturated rings. The number of amides is 2. The van der Waals surface area contributed by atoms with Crippen LogP contribution in [0.5, 0.6) is 0 Å². The zero-order chi connectivity index (χ0) is 30.3. The number of aryl methyl sites for hydroxylation is 2. The van der Waals surface area contributed by atoms with E-state index >= 15 is 0 Å². The van der Waals surface area contributed by atoms with Gasteiger partial charge in [0.1, 0.15) is 12.6 Å². The summed E-state index contributed by atoms with van der Waals surface area (Å²) in [5, 5.41) is 3.08. The fourth-order valence-corrected chi connectivity index (χ4v) is 6.12. The van der Waals surface area contributed by atoms with Gasteiger partial charge in [0.25, 0.3) is 10.0 Å².